The van der Waals surface area contributed by atoms with Gasteiger partial charge in [-0.15, -0.1) is 11.3 Å². The summed E-state index contributed by atoms with van der Waals surface area (Å²) in [5.74, 6) is 0. The molecule has 0 atom stereocenters. The normalized spacial score (nSPS) is 15.3. The van der Waals surface area contributed by atoms with E-state index in [1.54, 1.807) is 17.4 Å². The van der Waals surface area contributed by atoms with Crippen LogP contribution in [0.25, 0.3) is 74.8 Å². The maximum absolute atomic E-state index is 8.96. The van der Waals surface area contributed by atoms with Crippen LogP contribution >= 0.6 is 27.3 Å². The molecule has 0 saturated carbocycles. The second kappa shape index (κ2) is 7.17. The summed E-state index contributed by atoms with van der Waals surface area (Å²) in [4.78, 5) is 0. The molecule has 8 aromatic rings. The molecule has 0 radical (unpaired) electrons. The van der Waals surface area contributed by atoms with Gasteiger partial charge in [0.2, 0.25) is 0 Å². The van der Waals surface area contributed by atoms with Crippen molar-refractivity contribution in [1.29, 1.82) is 0 Å². The highest BCUT2D eigenvalue weighted by molar-refractivity contribution is 9.10. The standard InChI is InChI=1S/C32H17BrOS/c33-29-21-11-3-1-9-19(21)28(20-10-2-4-12-22(20)29)26-14-7-13-23-24-16-17-25-18-8-5-6-15-27(18)35-32(25)31(24)34-30(23)26/h1-17H/i1D,2D,3D,4D,9D,10D,11D,12D. The van der Waals surface area contributed by atoms with E-state index >= 15 is 0 Å². The number of fused-ring (bicyclic) bond motifs is 9. The second-order valence-electron chi connectivity index (χ2n) is 8.39. The summed E-state index contributed by atoms with van der Waals surface area (Å²) >= 11 is 5.11. The third-order valence-corrected chi connectivity index (χ3v) is 8.57. The van der Waals surface area contributed by atoms with Crippen LogP contribution in [0.3, 0.4) is 0 Å². The number of para-hydroxylation sites is 1. The average molecular weight is 538 g/mol. The fourth-order valence-electron chi connectivity index (χ4n) is 5.08. The molecule has 1 nitrogen and oxygen atoms in total. The van der Waals surface area contributed by atoms with E-state index in [1.807, 2.05) is 30.3 Å². The van der Waals surface area contributed by atoms with Gasteiger partial charge in [0.15, 0.2) is 5.58 Å². The minimum absolute atomic E-state index is 0.138. The fourth-order valence-corrected chi connectivity index (χ4v) is 6.87. The minimum Gasteiger partial charge on any atom is -0.454 e. The van der Waals surface area contributed by atoms with Gasteiger partial charge in [0.1, 0.15) is 5.58 Å². The predicted molar refractivity (Wildman–Crippen MR) is 155 cm³/mol. The Labute approximate surface area is 224 Å². The molecule has 0 aliphatic carbocycles. The Bertz CT molecular complexity index is 2490. The van der Waals surface area contributed by atoms with Gasteiger partial charge in [-0.05, 0) is 49.6 Å². The van der Waals surface area contributed by atoms with Gasteiger partial charge >= 0.3 is 0 Å². The number of benzene rings is 6. The van der Waals surface area contributed by atoms with Crippen LogP contribution in [0.15, 0.2) is 112 Å². The molecule has 0 bridgehead atoms. The monoisotopic (exact) mass is 536 g/mol. The van der Waals surface area contributed by atoms with E-state index in [0.29, 0.717) is 16.7 Å². The Balaban J connectivity index is 1.64. The number of rotatable bonds is 1. The molecule has 0 saturated heterocycles. The molecular formula is C32H17BrOS. The lowest BCUT2D eigenvalue weighted by molar-refractivity contribution is 0.674. The predicted octanol–water partition coefficient (Wildman–Crippen LogP) is 10.7. The van der Waals surface area contributed by atoms with Gasteiger partial charge in [-0.2, -0.15) is 0 Å². The van der Waals surface area contributed by atoms with Crippen molar-refractivity contribution in [2.24, 2.45) is 0 Å². The van der Waals surface area contributed by atoms with Gasteiger partial charge in [-0.3, -0.25) is 0 Å². The maximum atomic E-state index is 8.96. The van der Waals surface area contributed by atoms with Crippen molar-refractivity contribution in [3.63, 3.8) is 0 Å². The minimum atomic E-state index is -0.436. The number of thiophene rings is 1. The molecule has 0 spiro atoms. The molecule has 8 rings (SSSR count). The summed E-state index contributed by atoms with van der Waals surface area (Å²) in [6.45, 7) is 0. The molecule has 0 N–H and O–H groups in total. The Kier molecular flexibility index (Phi) is 2.75. The summed E-state index contributed by atoms with van der Waals surface area (Å²) in [6.07, 6.45) is 0. The van der Waals surface area contributed by atoms with Gasteiger partial charge in [-0.1, -0.05) is 90.8 Å². The van der Waals surface area contributed by atoms with Crippen LogP contribution in [0.4, 0.5) is 0 Å². The van der Waals surface area contributed by atoms with Crippen LogP contribution in [0, 0.1) is 0 Å². The SMILES string of the molecule is [2H]c1c([2H])c([2H])c2c(-c3cccc4c3oc3c4ccc4c5ccccc5sc43)c3c([2H])c([2H])c([2H])c([2H])c3c(Br)c2c1[2H]. The highest BCUT2D eigenvalue weighted by atomic mass is 79.9. The molecule has 2 heterocycles. The lowest BCUT2D eigenvalue weighted by atomic mass is 9.91. The van der Waals surface area contributed by atoms with E-state index < -0.39 is 24.2 Å². The molecular weight excluding hydrogens is 512 g/mol. The quantitative estimate of drug-likeness (QED) is 0.190. The second-order valence-corrected chi connectivity index (χ2v) is 10.2. The molecule has 2 aromatic heterocycles. The van der Waals surface area contributed by atoms with E-state index in [9.17, 15) is 0 Å². The number of halogens is 1. The Morgan fingerprint density at radius 3 is 2.00 bits per heavy atom. The van der Waals surface area contributed by atoms with E-state index in [1.165, 1.54) is 0 Å². The van der Waals surface area contributed by atoms with Gasteiger partial charge in [0, 0.05) is 41.8 Å². The smallest absolute Gasteiger partial charge is 0.153 e. The Morgan fingerprint density at radius 1 is 0.600 bits per heavy atom. The zero-order valence-corrected chi connectivity index (χ0v) is 20.3. The summed E-state index contributed by atoms with van der Waals surface area (Å²) in [7, 11) is 0. The van der Waals surface area contributed by atoms with Crippen LogP contribution in [0.1, 0.15) is 11.0 Å². The first-order valence-electron chi connectivity index (χ1n) is 15.0. The third kappa shape index (κ3) is 2.63. The topological polar surface area (TPSA) is 13.1 Å². The molecule has 6 aromatic carbocycles. The van der Waals surface area contributed by atoms with Crippen LogP contribution in [0.2, 0.25) is 0 Å². The molecule has 3 heteroatoms. The number of hydrogen-bond acceptors (Lipinski definition) is 2. The molecule has 164 valence electrons. The van der Waals surface area contributed by atoms with Gasteiger partial charge in [-0.25, -0.2) is 0 Å². The van der Waals surface area contributed by atoms with E-state index in [-0.39, 0.29) is 55.8 Å². The van der Waals surface area contributed by atoms with Crippen molar-refractivity contribution < 1.29 is 15.4 Å². The average Bonchev–Trinajstić information content (AvgIpc) is 3.59. The van der Waals surface area contributed by atoms with Crippen molar-refractivity contribution in [2.75, 3.05) is 0 Å². The lowest BCUT2D eigenvalue weighted by Gasteiger charge is -2.14. The Morgan fingerprint density at radius 2 is 1.23 bits per heavy atom. The molecule has 0 fully saturated rings. The van der Waals surface area contributed by atoms with Gasteiger partial charge in [0.25, 0.3) is 0 Å². The van der Waals surface area contributed by atoms with Gasteiger partial charge < -0.3 is 4.42 Å². The fraction of sp³-hybridized carbons (Fsp3) is 0. The zero-order chi connectivity index (χ0) is 30.1. The summed E-state index contributed by atoms with van der Waals surface area (Å²) < 4.78 is 78.1. The van der Waals surface area contributed by atoms with Gasteiger partial charge in [0.05, 0.1) is 15.7 Å². The van der Waals surface area contributed by atoms with Crippen molar-refractivity contribution in [3.8, 4) is 11.1 Å². The highest BCUT2D eigenvalue weighted by Gasteiger charge is 2.20. The molecule has 0 unspecified atom stereocenters. The van der Waals surface area contributed by atoms with E-state index in [4.69, 9.17) is 15.4 Å². The number of hydrogen-bond donors (Lipinski definition) is 0. The van der Waals surface area contributed by atoms with Crippen molar-refractivity contribution in [1.82, 2.24) is 0 Å². The Hall–Kier alpha value is -3.66. The first kappa shape index (κ1) is 13.4. The molecule has 0 aliphatic rings. The van der Waals surface area contributed by atoms with Crippen molar-refractivity contribution in [3.05, 3.63) is 107 Å². The molecule has 0 amide bonds. The van der Waals surface area contributed by atoms with Crippen LogP contribution in [0.5, 0.6) is 0 Å². The zero-order valence-electron chi connectivity index (χ0n) is 25.9. The van der Waals surface area contributed by atoms with Crippen molar-refractivity contribution in [2.45, 2.75) is 0 Å². The first-order chi connectivity index (χ1) is 20.6. The molecule has 0 aliphatic heterocycles. The van der Waals surface area contributed by atoms with E-state index in [0.717, 1.165) is 30.9 Å². The number of furan rings is 1. The van der Waals surface area contributed by atoms with Crippen molar-refractivity contribution >= 4 is 90.9 Å². The maximum Gasteiger partial charge on any atom is 0.153 e. The van der Waals surface area contributed by atoms with Crippen LogP contribution in [-0.4, -0.2) is 0 Å². The van der Waals surface area contributed by atoms with E-state index in [2.05, 4.69) is 34.1 Å². The summed E-state index contributed by atoms with van der Waals surface area (Å²) in [5, 5.41) is 4.43. The first-order valence-corrected chi connectivity index (χ1v) is 12.6. The summed E-state index contributed by atoms with van der Waals surface area (Å²) in [6, 6.07) is 14.8. The highest BCUT2D eigenvalue weighted by Crippen LogP contribution is 2.47. The summed E-state index contributed by atoms with van der Waals surface area (Å²) in [5.41, 5.74) is 1.90. The van der Waals surface area contributed by atoms with Crippen LogP contribution < -0.4 is 0 Å². The molecule has 35 heavy (non-hydrogen) atoms. The van der Waals surface area contributed by atoms with Crippen LogP contribution in [-0.2, 0) is 0 Å². The lowest BCUT2D eigenvalue weighted by Crippen LogP contribution is -1.88. The largest absolute Gasteiger partial charge is 0.454 e. The third-order valence-electron chi connectivity index (χ3n) is 6.59.